The molecule has 22 heavy (non-hydrogen) atoms. The molecule has 0 amide bonds. The Morgan fingerprint density at radius 2 is 1.91 bits per heavy atom. The molecule has 0 aromatic heterocycles. The summed E-state index contributed by atoms with van der Waals surface area (Å²) in [5.74, 6) is 0.535. The van der Waals surface area contributed by atoms with E-state index in [-0.39, 0.29) is 17.7 Å². The molecule has 7 heteroatoms. The van der Waals surface area contributed by atoms with Gasteiger partial charge >= 0.3 is 0 Å². The first-order valence-electron chi connectivity index (χ1n) is 7.60. The van der Waals surface area contributed by atoms with E-state index in [0.717, 1.165) is 25.9 Å². The average Bonchev–Trinajstić information content (AvgIpc) is 2.51. The van der Waals surface area contributed by atoms with E-state index in [2.05, 4.69) is 9.62 Å². The third-order valence-corrected chi connectivity index (χ3v) is 5.19. The second-order valence-corrected chi connectivity index (χ2v) is 7.51. The molecule has 1 saturated heterocycles. The highest BCUT2D eigenvalue weighted by Gasteiger charge is 2.20. The van der Waals surface area contributed by atoms with Crippen molar-refractivity contribution in [3.05, 3.63) is 30.1 Å². The van der Waals surface area contributed by atoms with Gasteiger partial charge < -0.3 is 9.64 Å². The first kappa shape index (κ1) is 17.2. The first-order valence-corrected chi connectivity index (χ1v) is 9.25. The predicted molar refractivity (Wildman–Crippen MR) is 84.0 cm³/mol. The zero-order valence-electron chi connectivity index (χ0n) is 12.8. The van der Waals surface area contributed by atoms with Crippen molar-refractivity contribution < 1.29 is 17.5 Å². The van der Waals surface area contributed by atoms with Crippen molar-refractivity contribution in [1.82, 2.24) is 9.62 Å². The van der Waals surface area contributed by atoms with Gasteiger partial charge in [0.05, 0.1) is 5.75 Å². The fraction of sp³-hybridized carbons (Fsp3) is 0.600. The number of piperidine rings is 1. The van der Waals surface area contributed by atoms with Crippen LogP contribution < -0.4 is 9.46 Å². The molecule has 0 atom stereocenters. The maximum Gasteiger partial charge on any atom is 0.211 e. The fourth-order valence-corrected chi connectivity index (χ4v) is 3.02. The van der Waals surface area contributed by atoms with E-state index < -0.39 is 10.0 Å². The molecule has 1 aromatic carbocycles. The van der Waals surface area contributed by atoms with Crippen molar-refractivity contribution in [2.45, 2.75) is 25.9 Å². The lowest BCUT2D eigenvalue weighted by molar-refractivity contribution is 0.102. The van der Waals surface area contributed by atoms with Crippen LogP contribution in [-0.2, 0) is 10.0 Å². The van der Waals surface area contributed by atoms with Crippen molar-refractivity contribution >= 4 is 10.0 Å². The number of hydrogen-bond donors (Lipinski definition) is 1. The van der Waals surface area contributed by atoms with E-state index in [4.69, 9.17) is 4.74 Å². The molecule has 0 aliphatic carbocycles. The maximum atomic E-state index is 12.8. The van der Waals surface area contributed by atoms with Crippen LogP contribution in [0, 0.1) is 5.82 Å². The SMILES string of the molecule is CCS(=O)(=O)NCCN1CCC(Oc2ccc(F)cc2)CC1. The van der Waals surface area contributed by atoms with Crippen LogP contribution >= 0.6 is 0 Å². The smallest absolute Gasteiger partial charge is 0.211 e. The number of sulfonamides is 1. The Hall–Kier alpha value is -1.18. The van der Waals surface area contributed by atoms with E-state index in [1.807, 2.05) is 0 Å². The summed E-state index contributed by atoms with van der Waals surface area (Å²) in [4.78, 5) is 2.22. The van der Waals surface area contributed by atoms with Gasteiger partial charge in [-0.2, -0.15) is 0 Å². The van der Waals surface area contributed by atoms with Gasteiger partial charge in [-0.05, 0) is 44.0 Å². The highest BCUT2D eigenvalue weighted by molar-refractivity contribution is 7.89. The quantitative estimate of drug-likeness (QED) is 0.825. The van der Waals surface area contributed by atoms with Crippen LogP contribution in [0.3, 0.4) is 0 Å². The molecule has 5 nitrogen and oxygen atoms in total. The summed E-state index contributed by atoms with van der Waals surface area (Å²) < 4.78 is 43.9. The van der Waals surface area contributed by atoms with Gasteiger partial charge in [-0.15, -0.1) is 0 Å². The Balaban J connectivity index is 1.68. The number of ether oxygens (including phenoxy) is 1. The Morgan fingerprint density at radius 3 is 2.50 bits per heavy atom. The number of hydrogen-bond acceptors (Lipinski definition) is 4. The van der Waals surface area contributed by atoms with Crippen LogP contribution in [0.5, 0.6) is 5.75 Å². The predicted octanol–water partition coefficient (Wildman–Crippen LogP) is 1.61. The van der Waals surface area contributed by atoms with Crippen LogP contribution in [0.25, 0.3) is 0 Å². The van der Waals surface area contributed by atoms with Crippen LogP contribution in [0.1, 0.15) is 19.8 Å². The Morgan fingerprint density at radius 1 is 1.27 bits per heavy atom. The van der Waals surface area contributed by atoms with E-state index in [0.29, 0.717) is 18.8 Å². The van der Waals surface area contributed by atoms with Gasteiger partial charge in [0.15, 0.2) is 0 Å². The van der Waals surface area contributed by atoms with Crippen LogP contribution in [0.2, 0.25) is 0 Å². The third-order valence-electron chi connectivity index (χ3n) is 3.78. The number of halogens is 1. The molecule has 0 spiro atoms. The molecule has 1 aromatic rings. The molecule has 1 aliphatic heterocycles. The van der Waals surface area contributed by atoms with Gasteiger partial charge in [0.1, 0.15) is 17.7 Å². The monoisotopic (exact) mass is 330 g/mol. The van der Waals surface area contributed by atoms with E-state index in [9.17, 15) is 12.8 Å². The van der Waals surface area contributed by atoms with E-state index >= 15 is 0 Å². The largest absolute Gasteiger partial charge is 0.490 e. The summed E-state index contributed by atoms with van der Waals surface area (Å²) in [7, 11) is -3.11. The maximum absolute atomic E-state index is 12.8. The summed E-state index contributed by atoms with van der Waals surface area (Å²) >= 11 is 0. The van der Waals surface area contributed by atoms with Crippen molar-refractivity contribution in [1.29, 1.82) is 0 Å². The van der Waals surface area contributed by atoms with Gasteiger partial charge in [-0.25, -0.2) is 17.5 Å². The Bertz CT molecular complexity index is 555. The molecule has 1 fully saturated rings. The molecular weight excluding hydrogens is 307 g/mol. The molecule has 1 aliphatic rings. The lowest BCUT2D eigenvalue weighted by atomic mass is 10.1. The van der Waals surface area contributed by atoms with Crippen LogP contribution in [0.15, 0.2) is 24.3 Å². The fourth-order valence-electron chi connectivity index (χ4n) is 2.42. The average molecular weight is 330 g/mol. The van der Waals surface area contributed by atoms with Crippen LogP contribution in [-0.4, -0.2) is 51.4 Å². The summed E-state index contributed by atoms with van der Waals surface area (Å²) in [6.45, 7) is 4.53. The topological polar surface area (TPSA) is 58.6 Å². The van der Waals surface area contributed by atoms with Crippen molar-refractivity contribution in [2.24, 2.45) is 0 Å². The van der Waals surface area contributed by atoms with E-state index in [1.165, 1.54) is 12.1 Å². The number of nitrogens with one attached hydrogen (secondary N) is 1. The minimum Gasteiger partial charge on any atom is -0.490 e. The molecule has 0 radical (unpaired) electrons. The Labute approximate surface area is 131 Å². The Kier molecular flexibility index (Phi) is 6.16. The molecule has 124 valence electrons. The molecule has 1 heterocycles. The third kappa shape index (κ3) is 5.55. The van der Waals surface area contributed by atoms with Crippen molar-refractivity contribution in [3.63, 3.8) is 0 Å². The molecule has 2 rings (SSSR count). The van der Waals surface area contributed by atoms with Gasteiger partial charge in [-0.1, -0.05) is 0 Å². The minimum atomic E-state index is -3.11. The zero-order chi connectivity index (χ0) is 16.0. The van der Waals surface area contributed by atoms with Gasteiger partial charge in [0.2, 0.25) is 10.0 Å². The van der Waals surface area contributed by atoms with E-state index in [1.54, 1.807) is 19.1 Å². The summed E-state index contributed by atoms with van der Waals surface area (Å²) in [6.07, 6.45) is 1.91. The normalized spacial score (nSPS) is 17.5. The number of benzene rings is 1. The molecule has 0 bridgehead atoms. The first-order chi connectivity index (χ1) is 10.5. The molecule has 1 N–H and O–H groups in total. The summed E-state index contributed by atoms with van der Waals surface area (Å²) in [5, 5.41) is 0. The summed E-state index contributed by atoms with van der Waals surface area (Å²) in [5.41, 5.74) is 0. The molecule has 0 saturated carbocycles. The zero-order valence-corrected chi connectivity index (χ0v) is 13.6. The summed E-state index contributed by atoms with van der Waals surface area (Å²) in [6, 6.07) is 6.07. The van der Waals surface area contributed by atoms with Crippen molar-refractivity contribution in [3.8, 4) is 5.75 Å². The van der Waals surface area contributed by atoms with Crippen LogP contribution in [0.4, 0.5) is 4.39 Å². The second-order valence-electron chi connectivity index (χ2n) is 5.41. The standard InChI is InChI=1S/C15H23FN2O3S/c1-2-22(19,20)17-9-12-18-10-7-15(8-11-18)21-14-5-3-13(16)4-6-14/h3-6,15,17H,2,7-12H2,1H3. The van der Waals surface area contributed by atoms with Crippen molar-refractivity contribution in [2.75, 3.05) is 31.9 Å². The molecule has 0 unspecified atom stereocenters. The number of rotatable bonds is 7. The second kappa shape index (κ2) is 7.89. The highest BCUT2D eigenvalue weighted by Crippen LogP contribution is 2.19. The van der Waals surface area contributed by atoms with Gasteiger partial charge in [0, 0.05) is 26.2 Å². The lowest BCUT2D eigenvalue weighted by Crippen LogP contribution is -2.42. The highest BCUT2D eigenvalue weighted by atomic mass is 32.2. The lowest BCUT2D eigenvalue weighted by Gasteiger charge is -2.32. The number of nitrogens with zero attached hydrogens (tertiary/aromatic N) is 1. The van der Waals surface area contributed by atoms with Gasteiger partial charge in [0.25, 0.3) is 0 Å². The molecular formula is C15H23FN2O3S. The number of likely N-dealkylation sites (tertiary alicyclic amines) is 1. The van der Waals surface area contributed by atoms with Gasteiger partial charge in [-0.3, -0.25) is 0 Å². The minimum absolute atomic E-state index is 0.112.